The van der Waals surface area contributed by atoms with Crippen molar-refractivity contribution >= 4 is 71.4 Å². The molecule has 6 aromatic rings. The number of rotatable bonds is 29. The van der Waals surface area contributed by atoms with Crippen molar-refractivity contribution in [2.24, 2.45) is 16.7 Å². The second kappa shape index (κ2) is 35.4. The van der Waals surface area contributed by atoms with E-state index in [4.69, 9.17) is 42.6 Å². The van der Waals surface area contributed by atoms with E-state index in [1.165, 1.54) is 82.3 Å². The number of hydrogen-bond donors (Lipinski definition) is 7. The summed E-state index contributed by atoms with van der Waals surface area (Å²) in [5, 5.41) is 40.3. The molecule has 27 heteroatoms. The Morgan fingerprint density at radius 2 is 1.25 bits per heavy atom. The van der Waals surface area contributed by atoms with Crippen LogP contribution in [0, 0.1) is 16.7 Å². The molecule has 0 radical (unpaired) electrons. The minimum Gasteiger partial charge on any atom is -0.455 e. The van der Waals surface area contributed by atoms with E-state index in [0.29, 0.717) is 29.5 Å². The summed E-state index contributed by atoms with van der Waals surface area (Å²) in [7, 11) is 0. The number of esters is 4. The van der Waals surface area contributed by atoms with Gasteiger partial charge in [0.05, 0.1) is 29.6 Å². The molecule has 1 heterocycles. The number of fused-ring (bicyclic) bond motifs is 5. The molecule has 3 fully saturated rings. The summed E-state index contributed by atoms with van der Waals surface area (Å²) in [6.07, 6.45) is -12.5. The molecule has 1 aliphatic heterocycles. The van der Waals surface area contributed by atoms with Crippen molar-refractivity contribution < 1.29 is 106 Å². The third kappa shape index (κ3) is 18.5. The first-order valence-electron chi connectivity index (χ1n) is 35.7. The molecule has 1 saturated heterocycles. The first kappa shape index (κ1) is 80.0. The summed E-state index contributed by atoms with van der Waals surface area (Å²) in [5.74, 6) is -8.94. The number of carbonyl (C=O) groups excluding carboxylic acids is 11. The minimum absolute atomic E-state index is 0.00625. The molecule has 2 bridgehead atoms. The first-order valence-corrected chi connectivity index (χ1v) is 35.7. The predicted octanol–water partition coefficient (Wildman–Crippen LogP) is 9.14. The van der Waals surface area contributed by atoms with Gasteiger partial charge in [0.2, 0.25) is 17.9 Å². The molecular formula is C82H89N5O22. The van der Waals surface area contributed by atoms with Crippen LogP contribution in [0.4, 0.5) is 20.1 Å². The van der Waals surface area contributed by atoms with Crippen LogP contribution in [0.5, 0.6) is 0 Å². The quantitative estimate of drug-likeness (QED) is 0.00995. The van der Waals surface area contributed by atoms with E-state index in [-0.39, 0.29) is 72.5 Å². The highest BCUT2D eigenvalue weighted by Gasteiger charge is 2.78. The number of ketones is 1. The van der Waals surface area contributed by atoms with E-state index < -0.39 is 168 Å². The Morgan fingerprint density at radius 3 is 1.85 bits per heavy atom. The molecule has 6 aromatic carbocycles. The highest BCUT2D eigenvalue weighted by Crippen LogP contribution is 2.64. The van der Waals surface area contributed by atoms with Crippen molar-refractivity contribution in [2.75, 3.05) is 25.1 Å². The predicted molar refractivity (Wildman–Crippen MR) is 391 cm³/mol. The SMILES string of the molecule is C=CCOC(=O)NCCCCC(NC(=O)[C@H](Cc1ccccc1)NC(=O)OCc1ccccc1)C(=O)Nc1ccc(COC(=O)OC(C(=O)OC2C[C@@]3(O)C(OC(=O)c4ccccc4)C4C5(OC(C)=O)COC5C[C@H](O)[C@@]4(C)C(=O)[C@H](OC(C)=O)C(=C2C)C3(C)C)C(NC(=O)c2ccccc2)c2ccccc2)cc1. The van der Waals surface area contributed by atoms with Crippen LogP contribution in [0.15, 0.2) is 200 Å². The molecule has 7 N–H and O–H groups in total. The maximum atomic E-state index is 16.0. The molecule has 13 atom stereocenters. The average Bonchev–Trinajstić information content (AvgIpc) is 0.668. The van der Waals surface area contributed by atoms with Crippen LogP contribution < -0.4 is 26.6 Å². The number of anilines is 1. The molecule has 0 spiro atoms. The van der Waals surface area contributed by atoms with Gasteiger partial charge in [0.1, 0.15) is 61.9 Å². The van der Waals surface area contributed by atoms with Gasteiger partial charge in [0.25, 0.3) is 5.91 Å². The third-order valence-electron chi connectivity index (χ3n) is 20.5. The molecule has 3 aliphatic carbocycles. The maximum absolute atomic E-state index is 16.0. The molecule has 109 heavy (non-hydrogen) atoms. The molecule has 10 rings (SSSR count). The van der Waals surface area contributed by atoms with Crippen molar-refractivity contribution in [2.45, 2.75) is 159 Å². The Morgan fingerprint density at radius 1 is 0.651 bits per heavy atom. The highest BCUT2D eigenvalue weighted by molar-refractivity contribution is 5.99. The fourth-order valence-electron chi connectivity index (χ4n) is 14.8. The number of nitrogens with one attached hydrogen (secondary N) is 5. The van der Waals surface area contributed by atoms with Crippen molar-refractivity contribution in [3.8, 4) is 0 Å². The Balaban J connectivity index is 0.933. The normalized spacial score (nSPS) is 23.2. The Kier molecular flexibility index (Phi) is 26.0. The van der Waals surface area contributed by atoms with Crippen LogP contribution in [0.3, 0.4) is 0 Å². The zero-order valence-electron chi connectivity index (χ0n) is 61.1. The van der Waals surface area contributed by atoms with Crippen LogP contribution in [0.25, 0.3) is 0 Å². The molecule has 574 valence electrons. The van der Waals surface area contributed by atoms with E-state index in [9.17, 15) is 53.4 Å². The Hall–Kier alpha value is -11.6. The van der Waals surface area contributed by atoms with Crippen molar-refractivity contribution in [1.29, 1.82) is 0 Å². The van der Waals surface area contributed by atoms with Gasteiger partial charge in [-0.05, 0) is 103 Å². The van der Waals surface area contributed by atoms with E-state index in [1.807, 2.05) is 6.07 Å². The zero-order valence-corrected chi connectivity index (χ0v) is 61.1. The molecule has 8 unspecified atom stereocenters. The van der Waals surface area contributed by atoms with Gasteiger partial charge in [-0.15, -0.1) is 0 Å². The lowest BCUT2D eigenvalue weighted by molar-refractivity contribution is -0.346. The van der Waals surface area contributed by atoms with Crippen LogP contribution >= 0.6 is 0 Å². The number of carbonyl (C=O) groups is 11. The summed E-state index contributed by atoms with van der Waals surface area (Å²) in [4.78, 5) is 156. The summed E-state index contributed by atoms with van der Waals surface area (Å²) < 4.78 is 53.3. The monoisotopic (exact) mass is 1500 g/mol. The average molecular weight is 1500 g/mol. The Bertz CT molecular complexity index is 4320. The molecule has 2 saturated carbocycles. The number of alkyl carbamates (subject to hydrolysis) is 2. The number of benzene rings is 6. The van der Waals surface area contributed by atoms with E-state index in [2.05, 4.69) is 33.2 Å². The standard InChI is InChI=1S/C82H89N5O22/c1-8-42-101-76(97)83-41-25-24-36-59(85-73(94)60(43-52-26-14-9-15-27-52)86-77(98)102-46-53-28-16-10-17-29-53)72(93)84-58-39-37-54(38-40-58)47-103-78(99)107-67(65(55-30-18-11-19-31-55)87-71(92)56-32-20-12-21-33-56)75(96)106-61-45-82(100)70(108-74(95)57-34-22-13-23-35-57)68-80(7,62(90)44-63-81(68,48-104-63)109-51(4)89)69(91)66(105-50(3)88)64(49(61)2)79(82,5)6/h8-23,26-35,37-40,59-63,65-68,70,90,100H,1,24-25,36,41-48H2,2-7H3,(H,83,97)(H,84,93)(H,85,94)(H,86,98)(H,87,92)/t59?,60-,61?,62-,63?,65?,66+,67?,68?,70?,80+,81?,82+/m0/s1. The number of aliphatic hydroxyl groups is 2. The van der Waals surface area contributed by atoms with Gasteiger partial charge in [-0.25, -0.2) is 24.0 Å². The van der Waals surface area contributed by atoms with Gasteiger partial charge in [0, 0.05) is 56.3 Å². The topological polar surface area (TPSA) is 371 Å². The summed E-state index contributed by atoms with van der Waals surface area (Å²) in [5.41, 5.74) is -6.28. The lowest BCUT2D eigenvalue weighted by Crippen LogP contribution is -2.82. The van der Waals surface area contributed by atoms with E-state index in [1.54, 1.807) is 121 Å². The summed E-state index contributed by atoms with van der Waals surface area (Å²) in [6, 6.07) is 43.3. The molecular weight excluding hydrogens is 1410 g/mol. The lowest BCUT2D eigenvalue weighted by atomic mass is 9.44. The largest absolute Gasteiger partial charge is 0.509 e. The van der Waals surface area contributed by atoms with Crippen molar-refractivity contribution in [3.63, 3.8) is 0 Å². The van der Waals surface area contributed by atoms with Gasteiger partial charge < -0.3 is 79.4 Å². The van der Waals surface area contributed by atoms with E-state index in [0.717, 1.165) is 13.8 Å². The smallest absolute Gasteiger partial charge is 0.455 e. The maximum Gasteiger partial charge on any atom is 0.509 e. The number of Topliss-reactive ketones (excluding diaryl/α,β-unsaturated/α-hetero) is 1. The van der Waals surface area contributed by atoms with Crippen LogP contribution in [-0.2, 0) is 91.0 Å². The van der Waals surface area contributed by atoms with Crippen LogP contribution in [0.1, 0.15) is 123 Å². The van der Waals surface area contributed by atoms with Gasteiger partial charge in [0.15, 0.2) is 17.5 Å². The second-order valence-electron chi connectivity index (χ2n) is 28.0. The number of unbranched alkanes of at least 4 members (excludes halogenated alkanes) is 1. The lowest BCUT2D eigenvalue weighted by Gasteiger charge is -2.67. The van der Waals surface area contributed by atoms with Gasteiger partial charge in [-0.1, -0.05) is 166 Å². The van der Waals surface area contributed by atoms with Gasteiger partial charge >= 0.3 is 42.2 Å². The molecule has 4 aliphatic rings. The zero-order chi connectivity index (χ0) is 78.2. The van der Waals surface area contributed by atoms with Crippen molar-refractivity contribution in [3.05, 3.63) is 233 Å². The van der Waals surface area contributed by atoms with Crippen molar-refractivity contribution in [1.82, 2.24) is 21.3 Å². The molecule has 5 amide bonds. The van der Waals surface area contributed by atoms with E-state index >= 15 is 9.59 Å². The number of hydrogen-bond acceptors (Lipinski definition) is 22. The number of amides is 5. The Labute approximate surface area is 629 Å². The fraction of sp³-hybridized carbons (Fsp3) is 0.378. The molecule has 0 aromatic heterocycles. The van der Waals surface area contributed by atoms with Crippen LogP contribution in [0.2, 0.25) is 0 Å². The summed E-state index contributed by atoms with van der Waals surface area (Å²) in [6.45, 7) is 10.7. The number of ether oxygens (including phenoxy) is 9. The molecule has 27 nitrogen and oxygen atoms in total. The number of aliphatic hydroxyl groups excluding tert-OH is 1. The van der Waals surface area contributed by atoms with Gasteiger partial charge in [-0.2, -0.15) is 0 Å². The fourth-order valence-corrected chi connectivity index (χ4v) is 14.8. The highest BCUT2D eigenvalue weighted by atomic mass is 16.7. The summed E-state index contributed by atoms with van der Waals surface area (Å²) >= 11 is 0. The van der Waals surface area contributed by atoms with Crippen LogP contribution in [-0.4, -0.2) is 156 Å². The third-order valence-corrected chi connectivity index (χ3v) is 20.5. The first-order chi connectivity index (χ1) is 52.2. The van der Waals surface area contributed by atoms with Gasteiger partial charge in [-0.3, -0.25) is 28.8 Å². The second-order valence-corrected chi connectivity index (χ2v) is 28.0. The minimum atomic E-state index is -2.58.